The van der Waals surface area contributed by atoms with Crippen LogP contribution in [0.25, 0.3) is 0 Å². The molecule has 1 N–H and O–H groups in total. The van der Waals surface area contributed by atoms with E-state index in [1.165, 1.54) is 16.7 Å². The standard InChI is InChI=1S/C18H19NO3/c1-19-8-7-18-11-4-6-14(21-2)17(18)22-16-13(20)5-3-10(15(16)18)9-12(11)19/h3-6,12,17,20H,7-9H2,1-2H3/t12-,17-,18-/m0/s1. The van der Waals surface area contributed by atoms with Gasteiger partial charge in [-0.2, -0.15) is 0 Å². The lowest BCUT2D eigenvalue weighted by molar-refractivity contribution is 0.0735. The van der Waals surface area contributed by atoms with Crippen LogP contribution in [-0.2, 0) is 16.6 Å². The molecule has 0 unspecified atom stereocenters. The summed E-state index contributed by atoms with van der Waals surface area (Å²) in [5.74, 6) is 1.77. The Morgan fingerprint density at radius 2 is 2.23 bits per heavy atom. The quantitative estimate of drug-likeness (QED) is 0.862. The highest BCUT2D eigenvalue weighted by Crippen LogP contribution is 2.62. The fourth-order valence-corrected chi connectivity index (χ4v) is 4.95. The summed E-state index contributed by atoms with van der Waals surface area (Å²) < 4.78 is 11.8. The van der Waals surface area contributed by atoms with Crippen LogP contribution in [0.5, 0.6) is 11.5 Å². The van der Waals surface area contributed by atoms with Crippen molar-refractivity contribution in [1.29, 1.82) is 0 Å². The Labute approximate surface area is 129 Å². The van der Waals surface area contributed by atoms with E-state index in [9.17, 15) is 5.11 Å². The number of aromatic hydroxyl groups is 1. The molecule has 1 saturated heterocycles. The SMILES string of the molecule is COC1=CC=C2[C@@H]3Cc4ccc(O)c5c4[C@@]2(CCN3C)[C@H]1O5. The maximum Gasteiger partial charge on any atom is 0.169 e. The van der Waals surface area contributed by atoms with Gasteiger partial charge >= 0.3 is 0 Å². The van der Waals surface area contributed by atoms with Crippen LogP contribution in [0.3, 0.4) is 0 Å². The molecule has 0 amide bonds. The third-order valence-electron chi connectivity index (χ3n) is 5.95. The first-order valence-corrected chi connectivity index (χ1v) is 7.85. The Bertz CT molecular complexity index is 751. The maximum atomic E-state index is 10.3. The third kappa shape index (κ3) is 1.20. The van der Waals surface area contributed by atoms with Gasteiger partial charge in [0.15, 0.2) is 17.6 Å². The fraction of sp³-hybridized carbons (Fsp3) is 0.444. The molecule has 22 heavy (non-hydrogen) atoms. The molecule has 2 bridgehead atoms. The zero-order valence-corrected chi connectivity index (χ0v) is 12.8. The van der Waals surface area contributed by atoms with Crippen molar-refractivity contribution in [2.24, 2.45) is 0 Å². The van der Waals surface area contributed by atoms with Crippen LogP contribution in [0.2, 0.25) is 0 Å². The molecule has 1 aromatic carbocycles. The van der Waals surface area contributed by atoms with Gasteiger partial charge in [0.05, 0.1) is 12.5 Å². The van der Waals surface area contributed by atoms with Crippen molar-refractivity contribution in [2.45, 2.75) is 30.4 Å². The number of likely N-dealkylation sites (tertiary alicyclic amines) is 1. The van der Waals surface area contributed by atoms with Gasteiger partial charge < -0.3 is 14.6 Å². The van der Waals surface area contributed by atoms with Crippen molar-refractivity contribution in [2.75, 3.05) is 20.7 Å². The van der Waals surface area contributed by atoms with Crippen molar-refractivity contribution in [1.82, 2.24) is 4.90 Å². The van der Waals surface area contributed by atoms with Crippen LogP contribution in [0.4, 0.5) is 0 Å². The number of likely N-dealkylation sites (N-methyl/N-ethyl adjacent to an activating group) is 1. The molecule has 5 rings (SSSR count). The number of hydrogen-bond acceptors (Lipinski definition) is 4. The Kier molecular flexibility index (Phi) is 2.22. The molecule has 1 fully saturated rings. The normalized spacial score (nSPS) is 34.5. The number of methoxy groups -OCH3 is 1. The fourth-order valence-electron chi connectivity index (χ4n) is 4.95. The summed E-state index contributed by atoms with van der Waals surface area (Å²) in [4.78, 5) is 2.44. The molecule has 4 aliphatic rings. The molecule has 114 valence electrons. The molecule has 0 saturated carbocycles. The summed E-state index contributed by atoms with van der Waals surface area (Å²) in [7, 11) is 3.90. The predicted molar refractivity (Wildman–Crippen MR) is 82.1 cm³/mol. The minimum Gasteiger partial charge on any atom is -0.504 e. The Balaban J connectivity index is 1.86. The van der Waals surface area contributed by atoms with E-state index in [1.54, 1.807) is 13.2 Å². The Hall–Kier alpha value is -1.94. The first-order chi connectivity index (χ1) is 10.7. The van der Waals surface area contributed by atoms with Crippen LogP contribution in [-0.4, -0.2) is 42.9 Å². The molecule has 1 spiro atoms. The Morgan fingerprint density at radius 3 is 3.05 bits per heavy atom. The van der Waals surface area contributed by atoms with E-state index in [-0.39, 0.29) is 17.3 Å². The zero-order chi connectivity index (χ0) is 15.1. The minimum atomic E-state index is -0.154. The van der Waals surface area contributed by atoms with Crippen LogP contribution >= 0.6 is 0 Å². The second kappa shape index (κ2) is 3.87. The topological polar surface area (TPSA) is 41.9 Å². The second-order valence-corrected chi connectivity index (χ2v) is 6.76. The molecule has 2 heterocycles. The van der Waals surface area contributed by atoms with Gasteiger partial charge in [0, 0.05) is 11.6 Å². The van der Waals surface area contributed by atoms with Crippen molar-refractivity contribution in [3.8, 4) is 11.5 Å². The number of piperidine rings is 1. The van der Waals surface area contributed by atoms with Crippen molar-refractivity contribution in [3.63, 3.8) is 0 Å². The summed E-state index contributed by atoms with van der Waals surface area (Å²) >= 11 is 0. The van der Waals surface area contributed by atoms with Gasteiger partial charge in [-0.05, 0) is 49.7 Å². The molecule has 4 heteroatoms. The van der Waals surface area contributed by atoms with Crippen molar-refractivity contribution >= 4 is 0 Å². The first kappa shape index (κ1) is 12.6. The van der Waals surface area contributed by atoms with Gasteiger partial charge in [0.25, 0.3) is 0 Å². The number of allylic oxidation sites excluding steroid dienone is 2. The van der Waals surface area contributed by atoms with Crippen LogP contribution < -0.4 is 4.74 Å². The van der Waals surface area contributed by atoms with E-state index in [0.717, 1.165) is 25.1 Å². The molecule has 0 aromatic heterocycles. The summed E-state index contributed by atoms with van der Waals surface area (Å²) in [6.07, 6.45) is 6.11. The van der Waals surface area contributed by atoms with E-state index in [2.05, 4.69) is 24.1 Å². The highest BCUT2D eigenvalue weighted by atomic mass is 16.5. The van der Waals surface area contributed by atoms with Gasteiger partial charge in [0.1, 0.15) is 5.76 Å². The number of nitrogens with zero attached hydrogens (tertiary/aromatic N) is 1. The number of hydrogen-bond donors (Lipinski definition) is 1. The smallest absolute Gasteiger partial charge is 0.169 e. The molecule has 2 aliphatic heterocycles. The van der Waals surface area contributed by atoms with E-state index < -0.39 is 0 Å². The van der Waals surface area contributed by atoms with Crippen molar-refractivity contribution < 1.29 is 14.6 Å². The van der Waals surface area contributed by atoms with Crippen molar-refractivity contribution in [3.05, 3.63) is 46.7 Å². The Morgan fingerprint density at radius 1 is 1.36 bits per heavy atom. The average molecular weight is 297 g/mol. The highest BCUT2D eigenvalue weighted by Gasteiger charge is 2.61. The minimum absolute atomic E-state index is 0.143. The average Bonchev–Trinajstić information content (AvgIpc) is 2.88. The lowest BCUT2D eigenvalue weighted by Gasteiger charge is -2.52. The number of ether oxygens (including phenoxy) is 2. The number of benzene rings is 1. The van der Waals surface area contributed by atoms with Gasteiger partial charge in [-0.25, -0.2) is 0 Å². The van der Waals surface area contributed by atoms with Crippen LogP contribution in [0.1, 0.15) is 17.5 Å². The molecule has 1 aromatic rings. The van der Waals surface area contributed by atoms with E-state index in [4.69, 9.17) is 9.47 Å². The molecule has 3 atom stereocenters. The lowest BCUT2D eigenvalue weighted by Crippen LogP contribution is -2.58. The van der Waals surface area contributed by atoms with Gasteiger partial charge in [-0.15, -0.1) is 0 Å². The summed E-state index contributed by atoms with van der Waals surface area (Å²) in [5, 5.41) is 10.3. The van der Waals surface area contributed by atoms with E-state index >= 15 is 0 Å². The van der Waals surface area contributed by atoms with Crippen LogP contribution in [0.15, 0.2) is 35.6 Å². The van der Waals surface area contributed by atoms with Gasteiger partial charge in [-0.1, -0.05) is 12.1 Å². The summed E-state index contributed by atoms with van der Waals surface area (Å²) in [6, 6.07) is 4.25. The molecular weight excluding hydrogens is 278 g/mol. The predicted octanol–water partition coefficient (Wildman–Crippen LogP) is 2.12. The van der Waals surface area contributed by atoms with Crippen LogP contribution in [0, 0.1) is 0 Å². The largest absolute Gasteiger partial charge is 0.504 e. The maximum absolute atomic E-state index is 10.3. The molecule has 0 radical (unpaired) electrons. The zero-order valence-electron chi connectivity index (χ0n) is 12.8. The van der Waals surface area contributed by atoms with Gasteiger partial charge in [-0.3, -0.25) is 4.90 Å². The van der Waals surface area contributed by atoms with E-state index in [1.807, 2.05) is 6.08 Å². The first-order valence-electron chi connectivity index (χ1n) is 7.85. The molecule has 4 nitrogen and oxygen atoms in total. The molecular formula is C18H19NO3. The number of phenolic OH excluding ortho intramolecular Hbond substituents is 1. The second-order valence-electron chi connectivity index (χ2n) is 6.76. The van der Waals surface area contributed by atoms with Gasteiger partial charge in [0.2, 0.25) is 0 Å². The number of phenols is 1. The third-order valence-corrected chi connectivity index (χ3v) is 5.95. The highest BCUT2D eigenvalue weighted by molar-refractivity contribution is 5.67. The monoisotopic (exact) mass is 297 g/mol. The lowest BCUT2D eigenvalue weighted by atomic mass is 9.57. The number of rotatable bonds is 1. The molecule has 2 aliphatic carbocycles. The van der Waals surface area contributed by atoms with E-state index in [0.29, 0.717) is 11.8 Å². The summed E-state index contributed by atoms with van der Waals surface area (Å²) in [6.45, 7) is 1.04. The summed E-state index contributed by atoms with van der Waals surface area (Å²) in [5.41, 5.74) is 3.78.